The van der Waals surface area contributed by atoms with Gasteiger partial charge in [-0.25, -0.2) is 0 Å². The first-order chi connectivity index (χ1) is 6.31. The molecule has 2 nitrogen and oxygen atoms in total. The maximum absolute atomic E-state index is 5.41. The summed E-state index contributed by atoms with van der Waals surface area (Å²) < 4.78 is 11.7. The third kappa shape index (κ3) is 1.50. The van der Waals surface area contributed by atoms with Crippen molar-refractivity contribution in [3.05, 3.63) is 22.2 Å². The first-order valence-electron chi connectivity index (χ1n) is 3.87. The smallest absolute Gasteiger partial charge is 0.175 e. The minimum Gasteiger partial charge on any atom is -0.486 e. The zero-order valence-corrected chi connectivity index (χ0v) is 8.43. The van der Waals surface area contributed by atoms with Crippen LogP contribution in [0.2, 0.25) is 0 Å². The van der Waals surface area contributed by atoms with Gasteiger partial charge in [-0.3, -0.25) is 0 Å². The fourth-order valence-electron chi connectivity index (χ4n) is 1.19. The lowest BCUT2D eigenvalue weighted by molar-refractivity contribution is 0.170. The van der Waals surface area contributed by atoms with Gasteiger partial charge in [-0.2, -0.15) is 0 Å². The number of benzene rings is 1. The second-order valence-corrected chi connectivity index (χ2v) is 3.48. The van der Waals surface area contributed by atoms with Crippen LogP contribution < -0.4 is 9.47 Å². The summed E-state index contributed by atoms with van der Waals surface area (Å²) in [6, 6.07) is 3.65. The Balaban J connectivity index is 2.54. The Hall–Kier alpha value is -1.14. The molecule has 13 heavy (non-hydrogen) atoms. The minimum atomic E-state index is 0.577. The molecule has 1 aromatic carbocycles. The highest BCUT2D eigenvalue weighted by Gasteiger charge is 2.15. The maximum atomic E-state index is 5.41. The van der Waals surface area contributed by atoms with Crippen molar-refractivity contribution in [3.8, 4) is 23.8 Å². The molecule has 66 valence electrons. The molecule has 1 heterocycles. The van der Waals surface area contributed by atoms with E-state index in [-0.39, 0.29) is 0 Å². The highest BCUT2D eigenvalue weighted by atomic mass is 79.9. The van der Waals surface area contributed by atoms with Crippen molar-refractivity contribution in [3.63, 3.8) is 0 Å². The third-order valence-electron chi connectivity index (χ3n) is 1.76. The van der Waals surface area contributed by atoms with Gasteiger partial charge in [0, 0.05) is 5.56 Å². The van der Waals surface area contributed by atoms with E-state index >= 15 is 0 Å². The summed E-state index contributed by atoms with van der Waals surface area (Å²) in [5, 5.41) is 0. The van der Waals surface area contributed by atoms with Crippen molar-refractivity contribution in [1.82, 2.24) is 0 Å². The standard InChI is InChI=1S/C10H7BrO2/c1-2-7-5-8(11)10-9(6-7)12-3-4-13-10/h1,5-6H,3-4H2. The Bertz CT molecular complexity index is 379. The van der Waals surface area contributed by atoms with Crippen LogP contribution in [0.3, 0.4) is 0 Å². The molecule has 1 aliphatic rings. The second-order valence-electron chi connectivity index (χ2n) is 2.63. The number of terminal acetylenes is 1. The fraction of sp³-hybridized carbons (Fsp3) is 0.200. The molecule has 0 radical (unpaired) electrons. The molecule has 3 heteroatoms. The lowest BCUT2D eigenvalue weighted by atomic mass is 10.2. The van der Waals surface area contributed by atoms with Crippen LogP contribution in [-0.4, -0.2) is 13.2 Å². The molecule has 0 aliphatic carbocycles. The van der Waals surface area contributed by atoms with Crippen LogP contribution in [0.1, 0.15) is 5.56 Å². The normalized spacial score (nSPS) is 13.5. The molecule has 1 aliphatic heterocycles. The Morgan fingerprint density at radius 1 is 1.31 bits per heavy atom. The van der Waals surface area contributed by atoms with Gasteiger partial charge in [0.1, 0.15) is 13.2 Å². The predicted molar refractivity (Wildman–Crippen MR) is 53.1 cm³/mol. The minimum absolute atomic E-state index is 0.577. The zero-order chi connectivity index (χ0) is 9.26. The molecule has 0 saturated carbocycles. The van der Waals surface area contributed by atoms with E-state index in [1.54, 1.807) is 6.07 Å². The molecule has 1 aromatic rings. The first-order valence-corrected chi connectivity index (χ1v) is 4.66. The highest BCUT2D eigenvalue weighted by Crippen LogP contribution is 2.38. The van der Waals surface area contributed by atoms with Crippen LogP contribution >= 0.6 is 15.9 Å². The summed E-state index contributed by atoms with van der Waals surface area (Å²) in [6.45, 7) is 1.16. The van der Waals surface area contributed by atoms with E-state index in [1.165, 1.54) is 0 Å². The van der Waals surface area contributed by atoms with Crippen molar-refractivity contribution in [2.75, 3.05) is 13.2 Å². The third-order valence-corrected chi connectivity index (χ3v) is 2.35. The van der Waals surface area contributed by atoms with Gasteiger partial charge < -0.3 is 9.47 Å². The maximum Gasteiger partial charge on any atom is 0.175 e. The number of halogens is 1. The van der Waals surface area contributed by atoms with E-state index < -0.39 is 0 Å². The summed E-state index contributed by atoms with van der Waals surface area (Å²) >= 11 is 3.37. The molecule has 0 atom stereocenters. The van der Waals surface area contributed by atoms with E-state index in [2.05, 4.69) is 21.9 Å². The Kier molecular flexibility index (Phi) is 2.15. The van der Waals surface area contributed by atoms with Crippen LogP contribution in [-0.2, 0) is 0 Å². The molecule has 0 aromatic heterocycles. The van der Waals surface area contributed by atoms with Crippen LogP contribution in [0.25, 0.3) is 0 Å². The monoisotopic (exact) mass is 238 g/mol. The van der Waals surface area contributed by atoms with Gasteiger partial charge >= 0.3 is 0 Å². The van der Waals surface area contributed by atoms with Crippen LogP contribution in [0.15, 0.2) is 16.6 Å². The van der Waals surface area contributed by atoms with Gasteiger partial charge in [-0.15, -0.1) is 6.42 Å². The Morgan fingerprint density at radius 2 is 2.08 bits per heavy atom. The lowest BCUT2D eigenvalue weighted by Gasteiger charge is -2.19. The van der Waals surface area contributed by atoms with Gasteiger partial charge in [-0.1, -0.05) is 5.92 Å². The summed E-state index contributed by atoms with van der Waals surface area (Å²) in [4.78, 5) is 0. The molecule has 0 N–H and O–H groups in total. The molecule has 0 saturated heterocycles. The van der Waals surface area contributed by atoms with E-state index in [1.807, 2.05) is 6.07 Å². The topological polar surface area (TPSA) is 18.5 Å². The number of hydrogen-bond donors (Lipinski definition) is 0. The molecular weight excluding hydrogens is 232 g/mol. The van der Waals surface area contributed by atoms with Crippen molar-refractivity contribution in [1.29, 1.82) is 0 Å². The van der Waals surface area contributed by atoms with E-state index in [0.29, 0.717) is 19.0 Å². The second kappa shape index (κ2) is 3.31. The van der Waals surface area contributed by atoms with E-state index in [0.717, 1.165) is 15.8 Å². The molecule has 0 unspecified atom stereocenters. The van der Waals surface area contributed by atoms with Crippen LogP contribution in [0.5, 0.6) is 11.5 Å². The molecule has 0 spiro atoms. The quantitative estimate of drug-likeness (QED) is 0.646. The molecular formula is C10H7BrO2. The van der Waals surface area contributed by atoms with Crippen molar-refractivity contribution < 1.29 is 9.47 Å². The van der Waals surface area contributed by atoms with Gasteiger partial charge in [0.2, 0.25) is 0 Å². The molecule has 2 rings (SSSR count). The first kappa shape index (κ1) is 8.46. The SMILES string of the molecule is C#Cc1cc(Br)c2c(c1)OCCO2. The number of fused-ring (bicyclic) bond motifs is 1. The van der Waals surface area contributed by atoms with Crippen molar-refractivity contribution in [2.45, 2.75) is 0 Å². The summed E-state index contributed by atoms with van der Waals surface area (Å²) in [5.41, 5.74) is 0.788. The fourth-order valence-corrected chi connectivity index (χ4v) is 1.75. The predicted octanol–water partition coefficient (Wildman–Crippen LogP) is 2.20. The van der Waals surface area contributed by atoms with Gasteiger partial charge in [0.25, 0.3) is 0 Å². The molecule has 0 bridgehead atoms. The average molecular weight is 239 g/mol. The molecule has 0 amide bonds. The van der Waals surface area contributed by atoms with Gasteiger partial charge in [0.15, 0.2) is 11.5 Å². The van der Waals surface area contributed by atoms with Crippen molar-refractivity contribution in [2.24, 2.45) is 0 Å². The largest absolute Gasteiger partial charge is 0.486 e. The summed E-state index contributed by atoms with van der Waals surface area (Å²) in [5.74, 6) is 4.01. The summed E-state index contributed by atoms with van der Waals surface area (Å²) in [7, 11) is 0. The zero-order valence-electron chi connectivity index (χ0n) is 6.84. The summed E-state index contributed by atoms with van der Waals surface area (Å²) in [6.07, 6.45) is 5.28. The van der Waals surface area contributed by atoms with Gasteiger partial charge in [0.05, 0.1) is 4.47 Å². The number of rotatable bonds is 0. The molecule has 0 fully saturated rings. The van der Waals surface area contributed by atoms with E-state index in [4.69, 9.17) is 15.9 Å². The Labute approximate surface area is 85.0 Å². The van der Waals surface area contributed by atoms with Gasteiger partial charge in [-0.05, 0) is 28.1 Å². The highest BCUT2D eigenvalue weighted by molar-refractivity contribution is 9.10. The number of hydrogen-bond acceptors (Lipinski definition) is 2. The lowest BCUT2D eigenvalue weighted by Crippen LogP contribution is -2.15. The number of ether oxygens (including phenoxy) is 2. The van der Waals surface area contributed by atoms with Crippen LogP contribution in [0.4, 0.5) is 0 Å². The Morgan fingerprint density at radius 3 is 2.85 bits per heavy atom. The van der Waals surface area contributed by atoms with Crippen molar-refractivity contribution >= 4 is 15.9 Å². The van der Waals surface area contributed by atoms with Crippen LogP contribution in [0, 0.1) is 12.3 Å². The average Bonchev–Trinajstić information content (AvgIpc) is 2.18. The van der Waals surface area contributed by atoms with E-state index in [9.17, 15) is 0 Å².